The van der Waals surface area contributed by atoms with Gasteiger partial charge in [0.2, 0.25) is 0 Å². The van der Waals surface area contributed by atoms with Gasteiger partial charge in [-0.25, -0.2) is 0 Å². The van der Waals surface area contributed by atoms with Crippen molar-refractivity contribution in [2.75, 3.05) is 14.2 Å². The highest BCUT2D eigenvalue weighted by molar-refractivity contribution is 6.10. The summed E-state index contributed by atoms with van der Waals surface area (Å²) in [4.78, 5) is 0. The van der Waals surface area contributed by atoms with Crippen LogP contribution in [0.25, 0.3) is 49.7 Å². The summed E-state index contributed by atoms with van der Waals surface area (Å²) in [5.74, 6) is 1.63. The lowest BCUT2D eigenvalue weighted by molar-refractivity contribution is 0.415. The van der Waals surface area contributed by atoms with E-state index in [9.17, 15) is 10.5 Å². The molecule has 6 rings (SSSR count). The minimum Gasteiger partial charge on any atom is -0.497 e. The van der Waals surface area contributed by atoms with Gasteiger partial charge in [0.15, 0.2) is 0 Å². The second-order valence-corrected chi connectivity index (χ2v) is 10.2. The molecule has 1 aromatic heterocycles. The Morgan fingerprint density at radius 2 is 1.10 bits per heavy atom. The minimum atomic E-state index is 0.481. The molecule has 5 aromatic carbocycles. The monoisotopic (exact) mass is 533 g/mol. The van der Waals surface area contributed by atoms with Crippen LogP contribution >= 0.6 is 0 Å². The van der Waals surface area contributed by atoms with Crippen LogP contribution in [0.2, 0.25) is 0 Å². The molecule has 0 aliphatic rings. The van der Waals surface area contributed by atoms with Crippen molar-refractivity contribution in [1.82, 2.24) is 4.57 Å². The lowest BCUT2D eigenvalue weighted by Crippen LogP contribution is -1.96. The fourth-order valence-electron chi connectivity index (χ4n) is 5.67. The molecule has 0 aliphatic carbocycles. The molecule has 0 aliphatic heterocycles. The molecule has 0 saturated carbocycles. The van der Waals surface area contributed by atoms with E-state index < -0.39 is 0 Å². The van der Waals surface area contributed by atoms with Crippen LogP contribution in [0.5, 0.6) is 11.5 Å². The van der Waals surface area contributed by atoms with Crippen LogP contribution in [0.1, 0.15) is 22.3 Å². The molecule has 0 amide bonds. The van der Waals surface area contributed by atoms with Crippen LogP contribution in [0.4, 0.5) is 0 Å². The van der Waals surface area contributed by atoms with Gasteiger partial charge in [-0.1, -0.05) is 24.3 Å². The summed E-state index contributed by atoms with van der Waals surface area (Å²) in [6.07, 6.45) is 0. The van der Waals surface area contributed by atoms with Gasteiger partial charge in [-0.2, -0.15) is 10.5 Å². The quantitative estimate of drug-likeness (QED) is 0.223. The maximum Gasteiger partial charge on any atom is 0.119 e. The third kappa shape index (κ3) is 4.44. The van der Waals surface area contributed by atoms with Gasteiger partial charge in [0.05, 0.1) is 48.5 Å². The first kappa shape index (κ1) is 25.7. The zero-order chi connectivity index (χ0) is 28.7. The zero-order valence-electron chi connectivity index (χ0n) is 23.3. The molecule has 0 saturated heterocycles. The number of nitrogens with zero attached hydrogens (tertiary/aromatic N) is 3. The van der Waals surface area contributed by atoms with Crippen LogP contribution in [-0.2, 0) is 0 Å². The van der Waals surface area contributed by atoms with Gasteiger partial charge in [-0.3, -0.25) is 0 Å². The SMILES string of the molecule is COc1ccc2c(c1)c1cc(OC)ccc1n2-c1ccc(-c2ccc(-c3cc(C#N)cc(C#N)c3)cc2C)c(C)c1. The number of aromatic nitrogens is 1. The molecule has 0 bridgehead atoms. The smallest absolute Gasteiger partial charge is 0.119 e. The predicted molar refractivity (Wildman–Crippen MR) is 164 cm³/mol. The zero-order valence-corrected chi connectivity index (χ0v) is 23.3. The Kier molecular flexibility index (Phi) is 6.42. The Hall–Kier alpha value is -5.52. The Balaban J connectivity index is 1.44. The third-order valence-electron chi connectivity index (χ3n) is 7.69. The summed E-state index contributed by atoms with van der Waals surface area (Å²) in [6, 6.07) is 34.8. The van der Waals surface area contributed by atoms with E-state index in [-0.39, 0.29) is 0 Å². The normalized spacial score (nSPS) is 10.9. The van der Waals surface area contributed by atoms with E-state index in [0.29, 0.717) is 11.1 Å². The van der Waals surface area contributed by atoms with Gasteiger partial charge in [0, 0.05) is 16.5 Å². The summed E-state index contributed by atoms with van der Waals surface area (Å²) in [6.45, 7) is 4.24. The summed E-state index contributed by atoms with van der Waals surface area (Å²) >= 11 is 0. The van der Waals surface area contributed by atoms with Crippen LogP contribution in [0.3, 0.4) is 0 Å². The molecule has 1 heterocycles. The number of nitriles is 2. The van der Waals surface area contributed by atoms with E-state index in [2.05, 4.69) is 91.2 Å². The first-order valence-electron chi connectivity index (χ1n) is 13.3. The number of fused-ring (bicyclic) bond motifs is 3. The highest BCUT2D eigenvalue weighted by atomic mass is 16.5. The molecule has 0 radical (unpaired) electrons. The molecular formula is C36H27N3O2. The Bertz CT molecular complexity index is 1980. The molecular weight excluding hydrogens is 506 g/mol. The summed E-state index contributed by atoms with van der Waals surface area (Å²) in [5.41, 5.74) is 10.7. The number of methoxy groups -OCH3 is 2. The van der Waals surface area contributed by atoms with Crippen molar-refractivity contribution in [3.63, 3.8) is 0 Å². The van der Waals surface area contributed by atoms with Crippen LogP contribution < -0.4 is 9.47 Å². The van der Waals surface area contributed by atoms with Crippen LogP contribution in [0, 0.1) is 36.5 Å². The van der Waals surface area contributed by atoms with E-state index in [1.807, 2.05) is 24.3 Å². The highest BCUT2D eigenvalue weighted by Gasteiger charge is 2.16. The molecule has 198 valence electrons. The van der Waals surface area contributed by atoms with Crippen LogP contribution in [-0.4, -0.2) is 18.8 Å². The predicted octanol–water partition coefficient (Wildman–Crippen LogP) is 8.50. The molecule has 0 unspecified atom stereocenters. The maximum absolute atomic E-state index is 9.39. The molecule has 0 N–H and O–H groups in total. The lowest BCUT2D eigenvalue weighted by atomic mass is 9.92. The Morgan fingerprint density at radius 1 is 0.561 bits per heavy atom. The van der Waals surface area contributed by atoms with Crippen molar-refractivity contribution in [3.8, 4) is 51.6 Å². The second-order valence-electron chi connectivity index (χ2n) is 10.2. The number of ether oxygens (including phenoxy) is 2. The van der Waals surface area contributed by atoms with Crippen molar-refractivity contribution in [2.45, 2.75) is 13.8 Å². The summed E-state index contributed by atoms with van der Waals surface area (Å²) in [5, 5.41) is 21.0. The first-order chi connectivity index (χ1) is 19.9. The van der Waals surface area contributed by atoms with Gasteiger partial charge in [0.1, 0.15) is 11.5 Å². The minimum absolute atomic E-state index is 0.481. The van der Waals surface area contributed by atoms with Gasteiger partial charge >= 0.3 is 0 Å². The third-order valence-corrected chi connectivity index (χ3v) is 7.69. The van der Waals surface area contributed by atoms with E-state index in [0.717, 1.165) is 72.4 Å². The second kappa shape index (κ2) is 10.2. The Labute approximate surface area is 239 Å². The fourth-order valence-corrected chi connectivity index (χ4v) is 5.67. The fraction of sp³-hybridized carbons (Fsp3) is 0.111. The van der Waals surface area contributed by atoms with Crippen molar-refractivity contribution in [3.05, 3.63) is 113 Å². The molecule has 5 nitrogen and oxygen atoms in total. The van der Waals surface area contributed by atoms with Gasteiger partial charge in [-0.15, -0.1) is 0 Å². The van der Waals surface area contributed by atoms with Crippen molar-refractivity contribution in [2.24, 2.45) is 0 Å². The average molecular weight is 534 g/mol. The molecule has 0 spiro atoms. The van der Waals surface area contributed by atoms with E-state index >= 15 is 0 Å². The van der Waals surface area contributed by atoms with Crippen molar-refractivity contribution < 1.29 is 9.47 Å². The van der Waals surface area contributed by atoms with Gasteiger partial charge in [-0.05, 0) is 114 Å². The first-order valence-corrected chi connectivity index (χ1v) is 13.3. The summed E-state index contributed by atoms with van der Waals surface area (Å²) < 4.78 is 13.3. The molecule has 0 fully saturated rings. The number of hydrogen-bond donors (Lipinski definition) is 0. The standard InChI is InChI=1S/C36H27N3O2/c1-22-13-26(27-16-24(20-37)15-25(17-27)21-38)5-9-31(22)32-10-6-28(14-23(32)2)39-35-11-7-29(40-3)18-33(35)34-19-30(41-4)8-12-36(34)39/h5-19H,1-4H3. The highest BCUT2D eigenvalue weighted by Crippen LogP contribution is 2.38. The van der Waals surface area contributed by atoms with Crippen LogP contribution in [0.15, 0.2) is 91.0 Å². The van der Waals surface area contributed by atoms with E-state index in [1.54, 1.807) is 20.3 Å². The average Bonchev–Trinajstić information content (AvgIpc) is 3.33. The number of aryl methyl sites for hydroxylation is 2. The van der Waals surface area contributed by atoms with E-state index in [4.69, 9.17) is 9.47 Å². The Morgan fingerprint density at radius 3 is 1.59 bits per heavy atom. The molecule has 41 heavy (non-hydrogen) atoms. The number of hydrogen-bond acceptors (Lipinski definition) is 4. The molecule has 0 atom stereocenters. The largest absolute Gasteiger partial charge is 0.497 e. The van der Waals surface area contributed by atoms with Crippen molar-refractivity contribution >= 4 is 21.8 Å². The molecule has 5 heteroatoms. The van der Waals surface area contributed by atoms with Crippen molar-refractivity contribution in [1.29, 1.82) is 10.5 Å². The number of rotatable bonds is 5. The summed E-state index contributed by atoms with van der Waals surface area (Å²) in [7, 11) is 3.37. The van der Waals surface area contributed by atoms with Gasteiger partial charge in [0.25, 0.3) is 0 Å². The van der Waals surface area contributed by atoms with Gasteiger partial charge < -0.3 is 14.0 Å². The molecule has 6 aromatic rings. The topological polar surface area (TPSA) is 71.0 Å². The number of benzene rings is 5. The lowest BCUT2D eigenvalue weighted by Gasteiger charge is -2.15. The van der Waals surface area contributed by atoms with E-state index in [1.165, 1.54) is 0 Å². The maximum atomic E-state index is 9.39.